The first-order chi connectivity index (χ1) is 16.8. The van der Waals surface area contributed by atoms with Gasteiger partial charge in [-0.1, -0.05) is 91.0 Å². The van der Waals surface area contributed by atoms with Gasteiger partial charge in [0.1, 0.15) is 0 Å². The Morgan fingerprint density at radius 2 is 1.24 bits per heavy atom. The van der Waals surface area contributed by atoms with Gasteiger partial charge in [-0.15, -0.1) is 11.3 Å². The van der Waals surface area contributed by atoms with Crippen LogP contribution in [-0.4, -0.2) is 0 Å². The van der Waals surface area contributed by atoms with E-state index in [1.54, 1.807) is 0 Å². The van der Waals surface area contributed by atoms with E-state index in [1.165, 1.54) is 52.8 Å². The first kappa shape index (κ1) is 19.3. The SMILES string of the molecule is c1ccc(-c2cc(Nc3ccc4sc5c6ccccc6ccc5c4c3)cc3ccccc23)cc1. The fraction of sp³-hybridized carbons (Fsp3) is 0. The molecule has 0 saturated heterocycles. The molecule has 0 amide bonds. The molecule has 0 spiro atoms. The van der Waals surface area contributed by atoms with Gasteiger partial charge < -0.3 is 5.32 Å². The lowest BCUT2D eigenvalue weighted by Crippen LogP contribution is -1.92. The molecule has 0 aliphatic heterocycles. The molecule has 34 heavy (non-hydrogen) atoms. The maximum Gasteiger partial charge on any atom is 0.0433 e. The smallest absolute Gasteiger partial charge is 0.0433 e. The molecule has 1 aromatic heterocycles. The van der Waals surface area contributed by atoms with Gasteiger partial charge >= 0.3 is 0 Å². The van der Waals surface area contributed by atoms with Crippen LogP contribution in [-0.2, 0) is 0 Å². The van der Waals surface area contributed by atoms with E-state index in [0.717, 1.165) is 11.4 Å². The molecule has 6 aromatic carbocycles. The van der Waals surface area contributed by atoms with Crippen molar-refractivity contribution in [3.8, 4) is 11.1 Å². The Hall–Kier alpha value is -4.14. The minimum absolute atomic E-state index is 1.10. The minimum atomic E-state index is 1.10. The van der Waals surface area contributed by atoms with Crippen molar-refractivity contribution in [3.63, 3.8) is 0 Å². The molecule has 0 atom stereocenters. The Kier molecular flexibility index (Phi) is 4.39. The van der Waals surface area contributed by atoms with Gasteiger partial charge in [-0.2, -0.15) is 0 Å². The number of fused-ring (bicyclic) bond motifs is 6. The molecule has 1 nitrogen and oxygen atoms in total. The van der Waals surface area contributed by atoms with Gasteiger partial charge in [0.05, 0.1) is 0 Å². The number of benzene rings is 6. The summed E-state index contributed by atoms with van der Waals surface area (Å²) in [4.78, 5) is 0. The number of hydrogen-bond donors (Lipinski definition) is 1. The molecule has 0 aliphatic carbocycles. The highest BCUT2D eigenvalue weighted by molar-refractivity contribution is 7.26. The molecule has 7 aromatic rings. The molecule has 0 unspecified atom stereocenters. The van der Waals surface area contributed by atoms with Crippen LogP contribution in [0.3, 0.4) is 0 Å². The summed E-state index contributed by atoms with van der Waals surface area (Å²) < 4.78 is 2.68. The van der Waals surface area contributed by atoms with E-state index in [9.17, 15) is 0 Å². The lowest BCUT2D eigenvalue weighted by Gasteiger charge is -2.13. The van der Waals surface area contributed by atoms with Gasteiger partial charge in [-0.25, -0.2) is 0 Å². The molecule has 0 aliphatic rings. The van der Waals surface area contributed by atoms with Gasteiger partial charge in [0.2, 0.25) is 0 Å². The maximum atomic E-state index is 3.69. The Morgan fingerprint density at radius 1 is 0.471 bits per heavy atom. The van der Waals surface area contributed by atoms with E-state index >= 15 is 0 Å². The first-order valence-corrected chi connectivity index (χ1v) is 12.3. The third-order valence-electron chi connectivity index (χ3n) is 6.60. The Morgan fingerprint density at radius 3 is 2.12 bits per heavy atom. The van der Waals surface area contributed by atoms with Crippen molar-refractivity contribution in [2.24, 2.45) is 0 Å². The topological polar surface area (TPSA) is 12.0 Å². The van der Waals surface area contributed by atoms with Crippen molar-refractivity contribution < 1.29 is 0 Å². The van der Waals surface area contributed by atoms with Gasteiger partial charge in [0.15, 0.2) is 0 Å². The van der Waals surface area contributed by atoms with Crippen LogP contribution in [0.4, 0.5) is 11.4 Å². The second-order valence-electron chi connectivity index (χ2n) is 8.71. The number of thiophene rings is 1. The predicted molar refractivity (Wildman–Crippen MR) is 150 cm³/mol. The number of rotatable bonds is 3. The normalized spacial score (nSPS) is 11.5. The van der Waals surface area contributed by atoms with Gasteiger partial charge in [-0.05, 0) is 63.0 Å². The predicted octanol–water partition coefficient (Wildman–Crippen LogP) is 9.77. The fourth-order valence-electron chi connectivity index (χ4n) is 4.99. The summed E-state index contributed by atoms with van der Waals surface area (Å²) >= 11 is 1.88. The van der Waals surface area contributed by atoms with Crippen LogP contribution in [0.15, 0.2) is 121 Å². The van der Waals surface area contributed by atoms with Crippen molar-refractivity contribution in [3.05, 3.63) is 121 Å². The zero-order valence-corrected chi connectivity index (χ0v) is 19.3. The summed E-state index contributed by atoms with van der Waals surface area (Å²) in [5.41, 5.74) is 4.68. The Labute approximate surface area is 201 Å². The third kappa shape index (κ3) is 3.15. The zero-order chi connectivity index (χ0) is 22.5. The van der Waals surface area contributed by atoms with E-state index in [2.05, 4.69) is 127 Å². The molecule has 160 valence electrons. The Bertz CT molecular complexity index is 1830. The van der Waals surface area contributed by atoms with Gasteiger partial charge in [0, 0.05) is 31.5 Å². The maximum absolute atomic E-state index is 3.69. The van der Waals surface area contributed by atoms with Crippen molar-refractivity contribution in [2.45, 2.75) is 0 Å². The highest BCUT2D eigenvalue weighted by Crippen LogP contribution is 2.40. The van der Waals surface area contributed by atoms with Crippen LogP contribution < -0.4 is 5.32 Å². The standard InChI is InChI=1S/C32H21NS/c1-2-8-21(9-3-1)29-20-25(18-23-11-5-6-12-26(23)29)33-24-15-17-31-30(19-24)28-16-14-22-10-4-7-13-27(22)32(28)34-31/h1-20,33H. The second kappa shape index (κ2) is 7.72. The summed E-state index contributed by atoms with van der Waals surface area (Å²) in [5.74, 6) is 0. The monoisotopic (exact) mass is 451 g/mol. The van der Waals surface area contributed by atoms with Gasteiger partial charge in [0.25, 0.3) is 0 Å². The summed E-state index contributed by atoms with van der Waals surface area (Å²) in [6.45, 7) is 0. The number of nitrogens with one attached hydrogen (secondary N) is 1. The van der Waals surface area contributed by atoms with E-state index in [1.807, 2.05) is 11.3 Å². The fourth-order valence-corrected chi connectivity index (χ4v) is 6.21. The molecule has 0 fully saturated rings. The molecule has 0 radical (unpaired) electrons. The minimum Gasteiger partial charge on any atom is -0.355 e. The summed E-state index contributed by atoms with van der Waals surface area (Å²) in [6.07, 6.45) is 0. The summed E-state index contributed by atoms with van der Waals surface area (Å²) in [6, 6.07) is 43.6. The average Bonchev–Trinajstić information content (AvgIpc) is 3.27. The molecule has 0 bridgehead atoms. The van der Waals surface area contributed by atoms with Gasteiger partial charge in [-0.3, -0.25) is 0 Å². The first-order valence-electron chi connectivity index (χ1n) is 11.5. The van der Waals surface area contributed by atoms with E-state index in [-0.39, 0.29) is 0 Å². The molecular weight excluding hydrogens is 430 g/mol. The number of anilines is 2. The zero-order valence-electron chi connectivity index (χ0n) is 18.5. The second-order valence-corrected chi connectivity index (χ2v) is 9.76. The van der Waals surface area contributed by atoms with E-state index in [0.29, 0.717) is 0 Å². The molecule has 0 saturated carbocycles. The van der Waals surface area contributed by atoms with Crippen LogP contribution in [0.25, 0.3) is 52.8 Å². The van der Waals surface area contributed by atoms with Crippen LogP contribution in [0.5, 0.6) is 0 Å². The largest absolute Gasteiger partial charge is 0.355 e. The van der Waals surface area contributed by atoms with E-state index < -0.39 is 0 Å². The quantitative estimate of drug-likeness (QED) is 0.282. The molecule has 2 heteroatoms. The third-order valence-corrected chi connectivity index (χ3v) is 7.82. The number of hydrogen-bond acceptors (Lipinski definition) is 2. The molecule has 1 heterocycles. The average molecular weight is 452 g/mol. The van der Waals surface area contributed by atoms with Crippen LogP contribution in [0.2, 0.25) is 0 Å². The Balaban J connectivity index is 1.36. The lowest BCUT2D eigenvalue weighted by molar-refractivity contribution is 1.58. The van der Waals surface area contributed by atoms with Crippen molar-refractivity contribution in [1.29, 1.82) is 0 Å². The van der Waals surface area contributed by atoms with Crippen molar-refractivity contribution in [1.82, 2.24) is 0 Å². The van der Waals surface area contributed by atoms with Crippen molar-refractivity contribution in [2.75, 3.05) is 5.32 Å². The van der Waals surface area contributed by atoms with Crippen LogP contribution in [0, 0.1) is 0 Å². The molecule has 1 N–H and O–H groups in total. The lowest BCUT2D eigenvalue weighted by atomic mass is 9.97. The molecular formula is C32H21NS. The van der Waals surface area contributed by atoms with Crippen LogP contribution in [0.1, 0.15) is 0 Å². The van der Waals surface area contributed by atoms with Crippen LogP contribution >= 0.6 is 11.3 Å². The van der Waals surface area contributed by atoms with E-state index in [4.69, 9.17) is 0 Å². The summed E-state index contributed by atoms with van der Waals surface area (Å²) in [7, 11) is 0. The van der Waals surface area contributed by atoms with Crippen molar-refractivity contribution >= 4 is 64.4 Å². The summed E-state index contributed by atoms with van der Waals surface area (Å²) in [5, 5.41) is 11.5. The highest BCUT2D eigenvalue weighted by atomic mass is 32.1. The molecule has 7 rings (SSSR count). The highest BCUT2D eigenvalue weighted by Gasteiger charge is 2.10.